The van der Waals surface area contributed by atoms with Crippen molar-refractivity contribution in [2.75, 3.05) is 39.0 Å². The number of carbonyl (C=O) groups is 4. The average Bonchev–Trinajstić information content (AvgIpc) is 2.88. The van der Waals surface area contributed by atoms with Crippen LogP contribution in [-0.4, -0.2) is 94.1 Å². The van der Waals surface area contributed by atoms with Gasteiger partial charge in [0.05, 0.1) is 23.8 Å². The normalized spacial score (nSPS) is 25.7. The third kappa shape index (κ3) is 4.86. The number of Topliss-reactive ketones (excluding diaryl/α,β-unsaturated/α-hetero) is 2. The Morgan fingerprint density at radius 2 is 1.88 bits per heavy atom. The molecule has 0 heterocycles. The Bertz CT molecular complexity index is 1390. The fourth-order valence-electron chi connectivity index (χ4n) is 6.15. The topological polar surface area (TPSA) is 229 Å². The zero-order valence-corrected chi connectivity index (χ0v) is 22.7. The number of phenolic OH excluding ortho intramolecular Hbond substituents is 1. The van der Waals surface area contributed by atoms with Gasteiger partial charge in [-0.1, -0.05) is 0 Å². The van der Waals surface area contributed by atoms with Crippen molar-refractivity contribution >= 4 is 34.8 Å². The van der Waals surface area contributed by atoms with Crippen LogP contribution in [0.2, 0.25) is 0 Å². The van der Waals surface area contributed by atoms with E-state index in [1.807, 2.05) is 0 Å². The number of benzene rings is 1. The molecule has 3 aliphatic carbocycles. The molecule has 222 valence electrons. The van der Waals surface area contributed by atoms with Crippen LogP contribution in [0.3, 0.4) is 0 Å². The predicted molar refractivity (Wildman–Crippen MR) is 144 cm³/mol. The Morgan fingerprint density at radius 3 is 2.49 bits per heavy atom. The number of aliphatic hydroxyl groups is 3. The van der Waals surface area contributed by atoms with Crippen molar-refractivity contribution in [3.05, 3.63) is 39.9 Å². The van der Waals surface area contributed by atoms with E-state index in [1.54, 1.807) is 0 Å². The van der Waals surface area contributed by atoms with Gasteiger partial charge in [0.1, 0.15) is 22.9 Å². The number of hydrogen-bond acceptors (Lipinski definition) is 11. The summed E-state index contributed by atoms with van der Waals surface area (Å²) in [6.07, 6.45) is 1.13. The van der Waals surface area contributed by atoms with Crippen molar-refractivity contribution in [1.29, 1.82) is 0 Å². The number of aromatic hydroxyl groups is 1. The first-order chi connectivity index (χ1) is 19.3. The number of anilines is 1. The van der Waals surface area contributed by atoms with Crippen molar-refractivity contribution in [3.63, 3.8) is 0 Å². The lowest BCUT2D eigenvalue weighted by Crippen LogP contribution is -2.65. The number of aliphatic hydroxyl groups excluding tert-OH is 2. The highest BCUT2D eigenvalue weighted by Crippen LogP contribution is 2.53. The number of nitrogens with one attached hydrogen (secondary N) is 2. The van der Waals surface area contributed by atoms with Crippen LogP contribution < -0.4 is 22.1 Å². The standard InChI is InChI=1S/C27H34FN5O8/c1-33(2)20-13-8-11-7-12-14(28)9-15(32-16(34)10-31-6-4-3-5-29)21(35)18(12)22(36)17(11)24(38)27(13,41)25(39)19(23(20)37)26(30)40/h9,11,13,20,31,35-36,39,41H,3-8,10,29H2,1-2H3,(H2,30,40)(H,32,34)/t11-,13-,20-,27-/m0/s1. The number of unbranched alkanes of at least 4 members (excludes halogenated alkanes) is 1. The molecular weight excluding hydrogens is 541 g/mol. The molecule has 0 unspecified atom stereocenters. The first-order valence-corrected chi connectivity index (χ1v) is 13.2. The number of ketones is 2. The Morgan fingerprint density at radius 1 is 1.20 bits per heavy atom. The highest BCUT2D eigenvalue weighted by atomic mass is 19.1. The van der Waals surface area contributed by atoms with Crippen LogP contribution in [0, 0.1) is 17.7 Å². The molecule has 0 saturated heterocycles. The molecule has 2 amide bonds. The van der Waals surface area contributed by atoms with Gasteiger partial charge in [0.2, 0.25) is 11.7 Å². The van der Waals surface area contributed by atoms with E-state index in [9.17, 15) is 39.6 Å². The number of fused-ring (bicyclic) bond motifs is 3. The van der Waals surface area contributed by atoms with Gasteiger partial charge >= 0.3 is 0 Å². The van der Waals surface area contributed by atoms with Crippen LogP contribution in [0.4, 0.5) is 10.1 Å². The van der Waals surface area contributed by atoms with E-state index in [2.05, 4.69) is 10.6 Å². The van der Waals surface area contributed by atoms with E-state index in [0.29, 0.717) is 13.1 Å². The Balaban J connectivity index is 1.76. The molecule has 4 rings (SSSR count). The fraction of sp³-hybridized carbons (Fsp3) is 0.481. The molecule has 13 nitrogen and oxygen atoms in total. The lowest BCUT2D eigenvalue weighted by molar-refractivity contribution is -0.153. The summed E-state index contributed by atoms with van der Waals surface area (Å²) in [4.78, 5) is 52.7. The van der Waals surface area contributed by atoms with Crippen molar-refractivity contribution < 1.29 is 44.0 Å². The summed E-state index contributed by atoms with van der Waals surface area (Å²) in [5, 5.41) is 49.9. The smallest absolute Gasteiger partial charge is 0.255 e. The minimum atomic E-state index is -2.81. The summed E-state index contributed by atoms with van der Waals surface area (Å²) in [7, 11) is 2.97. The number of likely N-dealkylation sites (N-methyl/N-ethyl adjacent to an activating group) is 1. The van der Waals surface area contributed by atoms with Crippen molar-refractivity contribution in [2.24, 2.45) is 23.3 Å². The van der Waals surface area contributed by atoms with Gasteiger partial charge in [0.25, 0.3) is 5.91 Å². The number of amides is 2. The highest BCUT2D eigenvalue weighted by Gasteiger charge is 2.64. The molecule has 0 spiro atoms. The van der Waals surface area contributed by atoms with Gasteiger partial charge in [-0.3, -0.25) is 24.1 Å². The van der Waals surface area contributed by atoms with Gasteiger partial charge < -0.3 is 42.5 Å². The Hall–Kier alpha value is -3.85. The van der Waals surface area contributed by atoms with Gasteiger partial charge in [-0.05, 0) is 58.8 Å². The van der Waals surface area contributed by atoms with Gasteiger partial charge in [0.15, 0.2) is 17.1 Å². The van der Waals surface area contributed by atoms with Gasteiger partial charge in [-0.2, -0.15) is 0 Å². The van der Waals surface area contributed by atoms with E-state index in [1.165, 1.54) is 19.0 Å². The second-order valence-corrected chi connectivity index (χ2v) is 10.8. The van der Waals surface area contributed by atoms with Gasteiger partial charge in [-0.15, -0.1) is 0 Å². The maximum atomic E-state index is 15.3. The molecule has 0 bridgehead atoms. The van der Waals surface area contributed by atoms with Crippen LogP contribution in [0.25, 0.3) is 5.76 Å². The molecule has 1 saturated carbocycles. The molecule has 1 aromatic carbocycles. The molecule has 3 aliphatic rings. The monoisotopic (exact) mass is 575 g/mol. The second-order valence-electron chi connectivity index (χ2n) is 10.8. The third-order valence-corrected chi connectivity index (χ3v) is 8.03. The molecule has 1 aromatic rings. The van der Waals surface area contributed by atoms with E-state index < -0.39 is 86.7 Å². The lowest BCUT2D eigenvalue weighted by atomic mass is 9.57. The number of hydrogen-bond donors (Lipinski definition) is 8. The van der Waals surface area contributed by atoms with E-state index in [0.717, 1.165) is 18.9 Å². The number of nitrogens with two attached hydrogens (primary N) is 2. The minimum Gasteiger partial charge on any atom is -0.508 e. The van der Waals surface area contributed by atoms with Crippen molar-refractivity contribution in [3.8, 4) is 5.75 Å². The molecule has 4 atom stereocenters. The quantitative estimate of drug-likeness (QED) is 0.105. The number of nitrogens with zero attached hydrogens (tertiary/aromatic N) is 1. The summed E-state index contributed by atoms with van der Waals surface area (Å²) in [5.74, 6) is -9.87. The molecular formula is C27H34FN5O8. The van der Waals surface area contributed by atoms with E-state index in [4.69, 9.17) is 11.5 Å². The first kappa shape index (κ1) is 30.1. The second kappa shape index (κ2) is 11.2. The largest absolute Gasteiger partial charge is 0.508 e. The molecule has 0 aromatic heterocycles. The first-order valence-electron chi connectivity index (χ1n) is 13.2. The SMILES string of the molecule is CN(C)[C@@H]1C(=O)C(C(N)=O)=C(O)[C@@]2(O)C(=O)C3=C(O)c4c(O)c(NC(=O)CNCCCCN)cc(F)c4C[C@H]3C[C@@H]12. The molecule has 10 N–H and O–H groups in total. The highest BCUT2D eigenvalue weighted by molar-refractivity contribution is 6.24. The van der Waals surface area contributed by atoms with Crippen LogP contribution in [0.5, 0.6) is 5.75 Å². The average molecular weight is 576 g/mol. The van der Waals surface area contributed by atoms with Crippen LogP contribution in [0.1, 0.15) is 30.4 Å². The number of halogens is 1. The number of primary amides is 1. The zero-order chi connectivity index (χ0) is 30.4. The molecule has 14 heteroatoms. The molecule has 1 fully saturated rings. The maximum Gasteiger partial charge on any atom is 0.255 e. The summed E-state index contributed by atoms with van der Waals surface area (Å²) in [6.45, 7) is 0.867. The summed E-state index contributed by atoms with van der Waals surface area (Å²) in [6, 6.07) is -0.340. The summed E-state index contributed by atoms with van der Waals surface area (Å²) < 4.78 is 15.3. The van der Waals surface area contributed by atoms with Gasteiger partial charge in [0, 0.05) is 23.1 Å². The fourth-order valence-corrected chi connectivity index (χ4v) is 6.15. The zero-order valence-electron chi connectivity index (χ0n) is 22.7. The maximum absolute atomic E-state index is 15.3. The summed E-state index contributed by atoms with van der Waals surface area (Å²) in [5.41, 5.74) is 5.64. The van der Waals surface area contributed by atoms with Crippen LogP contribution in [-0.2, 0) is 25.6 Å². The number of phenols is 1. The minimum absolute atomic E-state index is 0.133. The Labute approximate surface area is 234 Å². The third-order valence-electron chi connectivity index (χ3n) is 8.03. The Kier molecular flexibility index (Phi) is 8.23. The van der Waals surface area contributed by atoms with E-state index >= 15 is 4.39 Å². The number of carbonyl (C=O) groups excluding carboxylic acids is 4. The lowest BCUT2D eigenvalue weighted by Gasteiger charge is -2.50. The molecule has 0 aliphatic heterocycles. The predicted octanol–water partition coefficient (Wildman–Crippen LogP) is -0.630. The molecule has 41 heavy (non-hydrogen) atoms. The number of rotatable bonds is 9. The van der Waals surface area contributed by atoms with E-state index in [-0.39, 0.29) is 30.6 Å². The molecule has 0 radical (unpaired) electrons. The summed E-state index contributed by atoms with van der Waals surface area (Å²) >= 11 is 0. The van der Waals surface area contributed by atoms with Crippen LogP contribution >= 0.6 is 0 Å². The van der Waals surface area contributed by atoms with Crippen molar-refractivity contribution in [2.45, 2.75) is 37.3 Å². The van der Waals surface area contributed by atoms with Crippen LogP contribution in [0.15, 0.2) is 23.0 Å². The van der Waals surface area contributed by atoms with Gasteiger partial charge in [-0.25, -0.2) is 4.39 Å². The van der Waals surface area contributed by atoms with Crippen molar-refractivity contribution in [1.82, 2.24) is 10.2 Å².